The van der Waals surface area contributed by atoms with Gasteiger partial charge in [0.25, 0.3) is 0 Å². The van der Waals surface area contributed by atoms with Gasteiger partial charge in [0.05, 0.1) is 6.33 Å². The molecule has 0 atom stereocenters. The van der Waals surface area contributed by atoms with Gasteiger partial charge in [-0.15, -0.1) is 0 Å². The number of rotatable bonds is 2. The summed E-state index contributed by atoms with van der Waals surface area (Å²) in [5.74, 6) is 0. The van der Waals surface area contributed by atoms with E-state index in [0.29, 0.717) is 6.33 Å². The van der Waals surface area contributed by atoms with E-state index >= 15 is 0 Å². The molecule has 44 valence electrons. The van der Waals surface area contributed by atoms with Crippen molar-refractivity contribution < 1.29 is 4.39 Å². The van der Waals surface area contributed by atoms with E-state index in [1.165, 1.54) is 6.08 Å². The molecule has 0 aromatic rings. The van der Waals surface area contributed by atoms with Crippen LogP contribution in [0.25, 0.3) is 0 Å². The largest absolute Gasteiger partial charge is 0.216 e. The summed E-state index contributed by atoms with van der Waals surface area (Å²) in [6, 6.07) is 0. The molecule has 0 bridgehead atoms. The maximum Gasteiger partial charge on any atom is 0.0866 e. The fourth-order valence-corrected chi connectivity index (χ4v) is 0.281. The Hall–Kier alpha value is -0.850. The molecule has 8 heavy (non-hydrogen) atoms. The SMILES string of the molecule is C/C=C/C=C/C=C/F. The van der Waals surface area contributed by atoms with Gasteiger partial charge in [-0.25, -0.2) is 4.39 Å². The molecule has 0 rings (SSSR count). The van der Waals surface area contributed by atoms with Crippen LogP contribution in [0.5, 0.6) is 0 Å². The first-order valence-corrected chi connectivity index (χ1v) is 2.46. The van der Waals surface area contributed by atoms with Crippen molar-refractivity contribution in [3.63, 3.8) is 0 Å². The van der Waals surface area contributed by atoms with Crippen LogP contribution in [0.15, 0.2) is 36.7 Å². The minimum absolute atomic E-state index is 0.500. The molecule has 0 saturated heterocycles. The standard InChI is InChI=1S/C7H9F/c1-2-3-4-5-6-7-8/h2-7H,1H3/b3-2+,5-4+,7-6+. The predicted octanol–water partition coefficient (Wildman–Crippen LogP) is 2.60. The highest BCUT2D eigenvalue weighted by molar-refractivity contribution is 5.08. The zero-order chi connectivity index (χ0) is 6.24. The van der Waals surface area contributed by atoms with E-state index in [4.69, 9.17) is 0 Å². The van der Waals surface area contributed by atoms with Gasteiger partial charge in [0.15, 0.2) is 0 Å². The number of allylic oxidation sites excluding steroid dienone is 5. The minimum Gasteiger partial charge on any atom is -0.216 e. The molecule has 0 spiro atoms. The highest BCUT2D eigenvalue weighted by Gasteiger charge is 1.57. The fourth-order valence-electron chi connectivity index (χ4n) is 0.281. The summed E-state index contributed by atoms with van der Waals surface area (Å²) in [6.07, 6.45) is 8.93. The molecule has 0 aliphatic rings. The van der Waals surface area contributed by atoms with Crippen LogP contribution in [-0.2, 0) is 0 Å². The second-order valence-corrected chi connectivity index (χ2v) is 1.23. The molecule has 0 radical (unpaired) electrons. The molecular formula is C7H9F. The second kappa shape index (κ2) is 6.15. The summed E-state index contributed by atoms with van der Waals surface area (Å²) in [7, 11) is 0. The van der Waals surface area contributed by atoms with Crippen LogP contribution in [0.4, 0.5) is 4.39 Å². The Kier molecular flexibility index (Phi) is 5.50. The Labute approximate surface area is 49.0 Å². The Balaban J connectivity index is 3.35. The van der Waals surface area contributed by atoms with Crippen molar-refractivity contribution in [3.05, 3.63) is 36.7 Å². The predicted molar refractivity (Wildman–Crippen MR) is 34.2 cm³/mol. The van der Waals surface area contributed by atoms with Crippen molar-refractivity contribution in [2.75, 3.05) is 0 Å². The topological polar surface area (TPSA) is 0 Å². The monoisotopic (exact) mass is 112 g/mol. The molecule has 0 aromatic heterocycles. The Bertz CT molecular complexity index is 95.6. The Morgan fingerprint density at radius 1 is 1.00 bits per heavy atom. The minimum atomic E-state index is 0.500. The van der Waals surface area contributed by atoms with Crippen molar-refractivity contribution in [1.82, 2.24) is 0 Å². The third kappa shape index (κ3) is 5.15. The zero-order valence-corrected chi connectivity index (χ0v) is 4.84. The van der Waals surface area contributed by atoms with Crippen LogP contribution in [0.2, 0.25) is 0 Å². The summed E-state index contributed by atoms with van der Waals surface area (Å²) in [5, 5.41) is 0. The summed E-state index contributed by atoms with van der Waals surface area (Å²) in [6.45, 7) is 1.91. The molecule has 0 N–H and O–H groups in total. The average Bonchev–Trinajstić information content (AvgIpc) is 1.81. The molecule has 0 amide bonds. The molecule has 0 unspecified atom stereocenters. The van der Waals surface area contributed by atoms with Crippen molar-refractivity contribution in [2.45, 2.75) is 6.92 Å². The van der Waals surface area contributed by atoms with Crippen molar-refractivity contribution in [3.8, 4) is 0 Å². The quantitative estimate of drug-likeness (QED) is 0.481. The highest BCUT2D eigenvalue weighted by Crippen LogP contribution is 1.78. The van der Waals surface area contributed by atoms with Gasteiger partial charge in [-0.2, -0.15) is 0 Å². The molecule has 0 heterocycles. The van der Waals surface area contributed by atoms with Gasteiger partial charge in [0, 0.05) is 0 Å². The van der Waals surface area contributed by atoms with Gasteiger partial charge in [0.2, 0.25) is 0 Å². The number of halogens is 1. The molecule has 0 nitrogen and oxygen atoms in total. The van der Waals surface area contributed by atoms with E-state index in [9.17, 15) is 4.39 Å². The van der Waals surface area contributed by atoms with Crippen LogP contribution in [0.1, 0.15) is 6.92 Å². The number of hydrogen-bond acceptors (Lipinski definition) is 0. The summed E-state index contributed by atoms with van der Waals surface area (Å²) >= 11 is 0. The Morgan fingerprint density at radius 3 is 2.12 bits per heavy atom. The van der Waals surface area contributed by atoms with Crippen molar-refractivity contribution in [1.29, 1.82) is 0 Å². The lowest BCUT2D eigenvalue weighted by Crippen LogP contribution is -1.45. The highest BCUT2D eigenvalue weighted by atomic mass is 19.1. The van der Waals surface area contributed by atoms with E-state index in [2.05, 4.69) is 0 Å². The average molecular weight is 112 g/mol. The van der Waals surface area contributed by atoms with Gasteiger partial charge in [-0.1, -0.05) is 24.3 Å². The summed E-state index contributed by atoms with van der Waals surface area (Å²) < 4.78 is 11.2. The lowest BCUT2D eigenvalue weighted by atomic mass is 10.4. The van der Waals surface area contributed by atoms with Crippen molar-refractivity contribution in [2.24, 2.45) is 0 Å². The van der Waals surface area contributed by atoms with Crippen molar-refractivity contribution >= 4 is 0 Å². The zero-order valence-electron chi connectivity index (χ0n) is 4.84. The van der Waals surface area contributed by atoms with Crippen LogP contribution < -0.4 is 0 Å². The van der Waals surface area contributed by atoms with Gasteiger partial charge < -0.3 is 0 Å². The summed E-state index contributed by atoms with van der Waals surface area (Å²) in [5.41, 5.74) is 0. The Morgan fingerprint density at radius 2 is 1.62 bits per heavy atom. The fraction of sp³-hybridized carbons (Fsp3) is 0.143. The molecule has 0 aliphatic heterocycles. The van der Waals surface area contributed by atoms with Crippen LogP contribution in [-0.4, -0.2) is 0 Å². The molecule has 1 heteroatoms. The second-order valence-electron chi connectivity index (χ2n) is 1.23. The van der Waals surface area contributed by atoms with E-state index in [-0.39, 0.29) is 0 Å². The molecule has 0 aliphatic carbocycles. The molecular weight excluding hydrogens is 103 g/mol. The van der Waals surface area contributed by atoms with Crippen LogP contribution >= 0.6 is 0 Å². The lowest BCUT2D eigenvalue weighted by molar-refractivity contribution is 0.721. The third-order valence-electron chi connectivity index (χ3n) is 0.599. The maximum absolute atomic E-state index is 11.2. The first-order chi connectivity index (χ1) is 3.91. The lowest BCUT2D eigenvalue weighted by Gasteiger charge is -1.66. The number of hydrogen-bond donors (Lipinski definition) is 0. The van der Waals surface area contributed by atoms with E-state index in [1.54, 1.807) is 12.2 Å². The van der Waals surface area contributed by atoms with Gasteiger partial charge >= 0.3 is 0 Å². The van der Waals surface area contributed by atoms with E-state index in [0.717, 1.165) is 0 Å². The first kappa shape index (κ1) is 7.15. The van der Waals surface area contributed by atoms with Gasteiger partial charge in [-0.3, -0.25) is 0 Å². The van der Waals surface area contributed by atoms with E-state index < -0.39 is 0 Å². The normalized spacial score (nSPS) is 12.8. The molecule has 0 aromatic carbocycles. The summed E-state index contributed by atoms with van der Waals surface area (Å²) in [4.78, 5) is 0. The maximum atomic E-state index is 11.2. The van der Waals surface area contributed by atoms with E-state index in [1.807, 2.05) is 19.1 Å². The smallest absolute Gasteiger partial charge is 0.0866 e. The molecule has 0 fully saturated rings. The van der Waals surface area contributed by atoms with Crippen LogP contribution in [0, 0.1) is 0 Å². The first-order valence-electron chi connectivity index (χ1n) is 2.46. The van der Waals surface area contributed by atoms with Gasteiger partial charge in [0.1, 0.15) is 0 Å². The molecule has 0 saturated carbocycles. The van der Waals surface area contributed by atoms with Crippen LogP contribution in [0.3, 0.4) is 0 Å². The van der Waals surface area contributed by atoms with Gasteiger partial charge in [-0.05, 0) is 13.0 Å². The third-order valence-corrected chi connectivity index (χ3v) is 0.599.